The fourth-order valence-electron chi connectivity index (χ4n) is 2.89. The molecule has 0 atom stereocenters. The predicted octanol–water partition coefficient (Wildman–Crippen LogP) is 4.08. The summed E-state index contributed by atoms with van der Waals surface area (Å²) < 4.78 is 10.1. The van der Waals surface area contributed by atoms with Gasteiger partial charge in [0, 0.05) is 0 Å². The molecule has 1 aliphatic heterocycles. The molecular weight excluding hydrogens is 475 g/mol. The van der Waals surface area contributed by atoms with Crippen LogP contribution in [0.25, 0.3) is 6.08 Å². The number of nitrogens with zero attached hydrogens (tertiary/aromatic N) is 1. The molecule has 0 spiro atoms. The molecule has 1 N–H and O–H groups in total. The summed E-state index contributed by atoms with van der Waals surface area (Å²) in [6, 6.07) is 10.1. The van der Waals surface area contributed by atoms with Crippen molar-refractivity contribution in [2.24, 2.45) is 0 Å². The van der Waals surface area contributed by atoms with Crippen LogP contribution in [-0.2, 0) is 19.1 Å². The summed E-state index contributed by atoms with van der Waals surface area (Å²) in [7, 11) is 0. The average Bonchev–Trinajstić information content (AvgIpc) is 2.72. The Morgan fingerprint density at radius 3 is 2.38 bits per heavy atom. The molecule has 7 nitrogen and oxygen atoms in total. The average molecular weight is 493 g/mol. The highest BCUT2D eigenvalue weighted by Crippen LogP contribution is 2.35. The van der Waals surface area contributed by atoms with Crippen LogP contribution < -0.4 is 15.0 Å². The van der Waals surface area contributed by atoms with Crippen molar-refractivity contribution in [3.05, 3.63) is 63.1 Å². The van der Waals surface area contributed by atoms with E-state index in [1.807, 2.05) is 19.1 Å². The third kappa shape index (κ3) is 5.27. The summed E-state index contributed by atoms with van der Waals surface area (Å²) in [5.41, 5.74) is 1.78. The van der Waals surface area contributed by atoms with E-state index < -0.39 is 17.8 Å². The lowest BCUT2D eigenvalue weighted by Crippen LogP contribution is -2.54. The third-order valence-electron chi connectivity index (χ3n) is 4.37. The van der Waals surface area contributed by atoms with Crippen molar-refractivity contribution < 1.29 is 23.9 Å². The van der Waals surface area contributed by atoms with Crippen LogP contribution in [0, 0.1) is 6.92 Å². The minimum atomic E-state index is -0.641. The SMILES string of the molecule is CCOC(=O)COc1c(Cl)cc(/C=C2/C(=O)NC(=S)N(c3ccc(C)cc3)C2=O)cc1Cl. The normalized spacial score (nSPS) is 15.1. The van der Waals surface area contributed by atoms with Gasteiger partial charge in [0.2, 0.25) is 0 Å². The highest BCUT2D eigenvalue weighted by Gasteiger charge is 2.34. The van der Waals surface area contributed by atoms with Crippen LogP contribution in [0.2, 0.25) is 10.0 Å². The zero-order valence-electron chi connectivity index (χ0n) is 17.1. The van der Waals surface area contributed by atoms with Gasteiger partial charge in [0.15, 0.2) is 17.5 Å². The highest BCUT2D eigenvalue weighted by atomic mass is 35.5. The molecule has 0 bridgehead atoms. The molecule has 1 fully saturated rings. The van der Waals surface area contributed by atoms with Crippen LogP contribution in [-0.4, -0.2) is 36.1 Å². The molecule has 0 aliphatic carbocycles. The number of esters is 1. The minimum absolute atomic E-state index is 0.0141. The van der Waals surface area contributed by atoms with E-state index in [1.165, 1.54) is 23.1 Å². The van der Waals surface area contributed by atoms with Crippen LogP contribution in [0.1, 0.15) is 18.1 Å². The Kier molecular flexibility index (Phi) is 7.50. The minimum Gasteiger partial charge on any atom is -0.479 e. The Hall–Kier alpha value is -2.94. The van der Waals surface area contributed by atoms with Crippen LogP contribution >= 0.6 is 35.4 Å². The van der Waals surface area contributed by atoms with Crippen LogP contribution in [0.3, 0.4) is 0 Å². The summed E-state index contributed by atoms with van der Waals surface area (Å²) in [6.07, 6.45) is 1.35. The molecule has 166 valence electrons. The maximum absolute atomic E-state index is 13.1. The maximum atomic E-state index is 13.1. The molecule has 0 aromatic heterocycles. The van der Waals surface area contributed by atoms with E-state index in [0.29, 0.717) is 11.3 Å². The largest absolute Gasteiger partial charge is 0.479 e. The van der Waals surface area contributed by atoms with Gasteiger partial charge in [-0.05, 0) is 62.0 Å². The number of amides is 2. The number of ether oxygens (including phenoxy) is 2. The van der Waals surface area contributed by atoms with E-state index in [4.69, 9.17) is 44.9 Å². The molecule has 1 aliphatic rings. The number of halogens is 2. The van der Waals surface area contributed by atoms with Gasteiger partial charge >= 0.3 is 5.97 Å². The van der Waals surface area contributed by atoms with Crippen molar-refractivity contribution >= 4 is 70.1 Å². The van der Waals surface area contributed by atoms with Gasteiger partial charge in [-0.15, -0.1) is 0 Å². The molecule has 32 heavy (non-hydrogen) atoms. The van der Waals surface area contributed by atoms with Gasteiger partial charge in [0.1, 0.15) is 5.57 Å². The van der Waals surface area contributed by atoms with Gasteiger partial charge in [-0.1, -0.05) is 40.9 Å². The molecular formula is C22H18Cl2N2O5S. The van der Waals surface area contributed by atoms with Crippen LogP contribution in [0.4, 0.5) is 5.69 Å². The number of rotatable bonds is 6. The summed E-state index contributed by atoms with van der Waals surface area (Å²) in [5, 5.41) is 2.70. The van der Waals surface area contributed by atoms with E-state index in [-0.39, 0.29) is 39.7 Å². The number of benzene rings is 2. The first-order valence-electron chi connectivity index (χ1n) is 9.46. The molecule has 2 aromatic rings. The molecule has 3 rings (SSSR count). The van der Waals surface area contributed by atoms with Crippen molar-refractivity contribution in [3.63, 3.8) is 0 Å². The van der Waals surface area contributed by atoms with E-state index >= 15 is 0 Å². The number of hydrogen-bond acceptors (Lipinski definition) is 6. The van der Waals surface area contributed by atoms with Crippen molar-refractivity contribution in [1.29, 1.82) is 0 Å². The first-order chi connectivity index (χ1) is 15.2. The molecule has 2 aromatic carbocycles. The van der Waals surface area contributed by atoms with Gasteiger partial charge in [0.25, 0.3) is 11.8 Å². The lowest BCUT2D eigenvalue weighted by atomic mass is 10.1. The molecule has 1 heterocycles. The fraction of sp³-hybridized carbons (Fsp3) is 0.182. The first-order valence-corrected chi connectivity index (χ1v) is 10.6. The second-order valence-electron chi connectivity index (χ2n) is 6.70. The number of hydrogen-bond donors (Lipinski definition) is 1. The predicted molar refractivity (Wildman–Crippen MR) is 126 cm³/mol. The van der Waals surface area contributed by atoms with E-state index in [1.54, 1.807) is 19.1 Å². The number of anilines is 1. The molecule has 0 saturated carbocycles. The smallest absolute Gasteiger partial charge is 0.344 e. The zero-order valence-corrected chi connectivity index (χ0v) is 19.4. The fourth-order valence-corrected chi connectivity index (χ4v) is 3.78. The van der Waals surface area contributed by atoms with Gasteiger partial charge in [-0.25, -0.2) is 4.79 Å². The Morgan fingerprint density at radius 2 is 1.78 bits per heavy atom. The molecule has 1 saturated heterocycles. The van der Waals surface area contributed by atoms with Gasteiger partial charge in [-0.3, -0.25) is 19.8 Å². The van der Waals surface area contributed by atoms with Gasteiger partial charge in [0.05, 0.1) is 22.3 Å². The van der Waals surface area contributed by atoms with Crippen molar-refractivity contribution in [2.75, 3.05) is 18.1 Å². The molecule has 10 heteroatoms. The van der Waals surface area contributed by atoms with Crippen molar-refractivity contribution in [2.45, 2.75) is 13.8 Å². The molecule has 2 amide bonds. The quantitative estimate of drug-likeness (QED) is 0.283. The Bertz CT molecular complexity index is 1110. The topological polar surface area (TPSA) is 84.9 Å². The Morgan fingerprint density at radius 1 is 1.16 bits per heavy atom. The first kappa shape index (κ1) is 23.7. The lowest BCUT2D eigenvalue weighted by molar-refractivity contribution is -0.145. The number of nitrogens with one attached hydrogen (secondary N) is 1. The molecule has 0 radical (unpaired) electrons. The standard InChI is InChI=1S/C22H18Cl2N2O5S/c1-3-30-18(27)11-31-19-16(23)9-13(10-17(19)24)8-15-20(28)25-22(32)26(21(15)29)14-6-4-12(2)5-7-14/h4-10H,3,11H2,1-2H3,(H,25,28,32)/b15-8-. The van der Waals surface area contributed by atoms with E-state index in [9.17, 15) is 14.4 Å². The van der Waals surface area contributed by atoms with Gasteiger partial charge in [-0.2, -0.15) is 0 Å². The maximum Gasteiger partial charge on any atom is 0.344 e. The van der Waals surface area contributed by atoms with Gasteiger partial charge < -0.3 is 9.47 Å². The highest BCUT2D eigenvalue weighted by molar-refractivity contribution is 7.80. The van der Waals surface area contributed by atoms with Crippen LogP contribution in [0.5, 0.6) is 5.75 Å². The number of carbonyl (C=O) groups is 3. The Labute approximate surface area is 199 Å². The number of carbonyl (C=O) groups excluding carboxylic acids is 3. The second-order valence-corrected chi connectivity index (χ2v) is 7.90. The summed E-state index contributed by atoms with van der Waals surface area (Å²) in [4.78, 5) is 38.3. The summed E-state index contributed by atoms with van der Waals surface area (Å²) in [6.45, 7) is 3.45. The molecule has 0 unspecified atom stereocenters. The van der Waals surface area contributed by atoms with Crippen LogP contribution in [0.15, 0.2) is 42.0 Å². The summed E-state index contributed by atoms with van der Waals surface area (Å²) >= 11 is 17.7. The van der Waals surface area contributed by atoms with E-state index in [0.717, 1.165) is 5.56 Å². The van der Waals surface area contributed by atoms with Crippen molar-refractivity contribution in [1.82, 2.24) is 5.32 Å². The van der Waals surface area contributed by atoms with Crippen molar-refractivity contribution in [3.8, 4) is 5.75 Å². The lowest BCUT2D eigenvalue weighted by Gasteiger charge is -2.29. The zero-order chi connectivity index (χ0) is 23.4. The second kappa shape index (κ2) is 10.1. The van der Waals surface area contributed by atoms with E-state index in [2.05, 4.69) is 5.32 Å². The summed E-state index contributed by atoms with van der Waals surface area (Å²) in [5.74, 6) is -1.70. The monoisotopic (exact) mass is 492 g/mol. The number of aryl methyl sites for hydroxylation is 1. The Balaban J connectivity index is 1.89. The third-order valence-corrected chi connectivity index (χ3v) is 5.21. The number of thiocarbonyl (C=S) groups is 1.